The van der Waals surface area contributed by atoms with Crippen molar-refractivity contribution in [1.82, 2.24) is 10.2 Å². The zero-order valence-corrected chi connectivity index (χ0v) is 14.7. The van der Waals surface area contributed by atoms with Gasteiger partial charge in [0, 0.05) is 31.4 Å². The average Bonchev–Trinajstić information content (AvgIpc) is 2.60. The van der Waals surface area contributed by atoms with Crippen molar-refractivity contribution in [1.29, 1.82) is 0 Å². The van der Waals surface area contributed by atoms with Crippen LogP contribution >= 0.6 is 12.4 Å². The van der Waals surface area contributed by atoms with Crippen molar-refractivity contribution < 1.29 is 19.1 Å². The summed E-state index contributed by atoms with van der Waals surface area (Å²) >= 11 is 0. The van der Waals surface area contributed by atoms with Crippen molar-refractivity contribution in [3.63, 3.8) is 0 Å². The molecule has 0 saturated carbocycles. The van der Waals surface area contributed by atoms with E-state index in [0.717, 1.165) is 6.54 Å². The summed E-state index contributed by atoms with van der Waals surface area (Å²) in [6, 6.07) is 7.08. The van der Waals surface area contributed by atoms with Crippen LogP contribution in [0.3, 0.4) is 0 Å². The molecule has 2 N–H and O–H groups in total. The van der Waals surface area contributed by atoms with Gasteiger partial charge in [0.05, 0.1) is 20.3 Å². The van der Waals surface area contributed by atoms with Gasteiger partial charge in [-0.3, -0.25) is 9.59 Å². The second-order valence-corrected chi connectivity index (χ2v) is 5.20. The molecule has 1 atom stereocenters. The first-order chi connectivity index (χ1) is 11.1. The Bertz CT molecular complexity index is 550. The Balaban J connectivity index is 0.00000288. The fourth-order valence-corrected chi connectivity index (χ4v) is 2.35. The summed E-state index contributed by atoms with van der Waals surface area (Å²) in [5, 5.41) is 5.88. The van der Waals surface area contributed by atoms with E-state index >= 15 is 0 Å². The molecule has 1 aliphatic rings. The van der Waals surface area contributed by atoms with Gasteiger partial charge >= 0.3 is 0 Å². The first kappa shape index (κ1) is 20.2. The third-order valence-electron chi connectivity index (χ3n) is 3.58. The average molecular weight is 358 g/mol. The van der Waals surface area contributed by atoms with Crippen LogP contribution in [0.2, 0.25) is 0 Å². The van der Waals surface area contributed by atoms with Crippen molar-refractivity contribution in [2.75, 3.05) is 45.2 Å². The third kappa shape index (κ3) is 5.67. The number of methoxy groups -OCH3 is 1. The molecule has 134 valence electrons. The SMILES string of the molecule is CCN(CC(=O)Nc1cccc(OC)c1)C(=O)C1CNCCO1.Cl. The maximum absolute atomic E-state index is 12.4. The number of carbonyl (C=O) groups excluding carboxylic acids is 2. The Morgan fingerprint density at radius 3 is 2.88 bits per heavy atom. The van der Waals surface area contributed by atoms with E-state index in [4.69, 9.17) is 9.47 Å². The number of hydrogen-bond acceptors (Lipinski definition) is 5. The molecule has 0 bridgehead atoms. The standard InChI is InChI=1S/C16H23N3O4.ClH/c1-3-19(16(21)14-10-17-7-8-23-14)11-15(20)18-12-5-4-6-13(9-12)22-2;/h4-6,9,14,17H,3,7-8,10-11H2,1-2H3,(H,18,20);1H. The lowest BCUT2D eigenvalue weighted by Gasteiger charge is -2.28. The van der Waals surface area contributed by atoms with Gasteiger partial charge in [0.2, 0.25) is 5.91 Å². The Hall–Kier alpha value is -1.83. The predicted molar refractivity (Wildman–Crippen MR) is 93.7 cm³/mol. The van der Waals surface area contributed by atoms with Gasteiger partial charge in [0.15, 0.2) is 0 Å². The van der Waals surface area contributed by atoms with Crippen LogP contribution in [0.25, 0.3) is 0 Å². The fraction of sp³-hybridized carbons (Fsp3) is 0.500. The van der Waals surface area contributed by atoms with Crippen molar-refractivity contribution in [2.45, 2.75) is 13.0 Å². The normalized spacial score (nSPS) is 16.7. The molecule has 0 radical (unpaired) electrons. The minimum Gasteiger partial charge on any atom is -0.497 e. The van der Waals surface area contributed by atoms with Crippen LogP contribution in [-0.4, -0.2) is 62.7 Å². The van der Waals surface area contributed by atoms with Crippen LogP contribution in [0.15, 0.2) is 24.3 Å². The maximum Gasteiger partial charge on any atom is 0.253 e. The fourth-order valence-electron chi connectivity index (χ4n) is 2.35. The molecule has 2 amide bonds. The number of ether oxygens (including phenoxy) is 2. The lowest BCUT2D eigenvalue weighted by molar-refractivity contribution is -0.146. The van der Waals surface area contributed by atoms with Gasteiger partial charge in [0.1, 0.15) is 11.9 Å². The molecule has 0 aromatic heterocycles. The first-order valence-electron chi connectivity index (χ1n) is 7.69. The molecule has 0 aliphatic carbocycles. The van der Waals surface area contributed by atoms with Crippen LogP contribution in [-0.2, 0) is 14.3 Å². The van der Waals surface area contributed by atoms with E-state index in [2.05, 4.69) is 10.6 Å². The molecule has 8 heteroatoms. The highest BCUT2D eigenvalue weighted by Gasteiger charge is 2.27. The highest BCUT2D eigenvalue weighted by molar-refractivity contribution is 5.95. The number of halogens is 1. The molecule has 1 aromatic rings. The summed E-state index contributed by atoms with van der Waals surface area (Å²) in [5.41, 5.74) is 0.633. The smallest absolute Gasteiger partial charge is 0.253 e. The van der Waals surface area contributed by atoms with Crippen molar-refractivity contribution >= 4 is 29.9 Å². The zero-order valence-electron chi connectivity index (χ0n) is 13.9. The number of benzene rings is 1. The van der Waals surface area contributed by atoms with Gasteiger partial charge in [-0.2, -0.15) is 0 Å². The Labute approximate surface area is 148 Å². The maximum atomic E-state index is 12.4. The monoisotopic (exact) mass is 357 g/mol. The van der Waals surface area contributed by atoms with Gasteiger partial charge in [-0.05, 0) is 19.1 Å². The Morgan fingerprint density at radius 1 is 1.46 bits per heavy atom. The van der Waals surface area contributed by atoms with E-state index in [1.54, 1.807) is 31.4 Å². The van der Waals surface area contributed by atoms with E-state index in [1.165, 1.54) is 4.90 Å². The molecule has 1 aliphatic heterocycles. The van der Waals surface area contributed by atoms with Gasteiger partial charge in [-0.15, -0.1) is 12.4 Å². The number of amides is 2. The van der Waals surface area contributed by atoms with Crippen molar-refractivity contribution in [2.24, 2.45) is 0 Å². The van der Waals surface area contributed by atoms with Crippen molar-refractivity contribution in [3.8, 4) is 5.75 Å². The van der Waals surface area contributed by atoms with E-state index in [9.17, 15) is 9.59 Å². The number of nitrogens with zero attached hydrogens (tertiary/aromatic N) is 1. The van der Waals surface area contributed by atoms with Crippen LogP contribution in [0.5, 0.6) is 5.75 Å². The molecular weight excluding hydrogens is 334 g/mol. The molecule has 1 fully saturated rings. The zero-order chi connectivity index (χ0) is 16.7. The molecule has 1 saturated heterocycles. The number of carbonyl (C=O) groups is 2. The lowest BCUT2D eigenvalue weighted by atomic mass is 10.2. The van der Waals surface area contributed by atoms with Crippen LogP contribution in [0.1, 0.15) is 6.92 Å². The number of hydrogen-bond donors (Lipinski definition) is 2. The van der Waals surface area contributed by atoms with Gasteiger partial charge < -0.3 is 25.0 Å². The third-order valence-corrected chi connectivity index (χ3v) is 3.58. The number of rotatable bonds is 6. The molecule has 2 rings (SSSR count). The first-order valence-corrected chi connectivity index (χ1v) is 7.69. The highest BCUT2D eigenvalue weighted by Crippen LogP contribution is 2.16. The number of nitrogens with one attached hydrogen (secondary N) is 2. The minimum absolute atomic E-state index is 0. The lowest BCUT2D eigenvalue weighted by Crippen LogP contribution is -2.50. The molecule has 1 heterocycles. The van der Waals surface area contributed by atoms with E-state index in [-0.39, 0.29) is 30.8 Å². The van der Waals surface area contributed by atoms with E-state index < -0.39 is 6.10 Å². The second-order valence-electron chi connectivity index (χ2n) is 5.20. The Morgan fingerprint density at radius 2 is 2.25 bits per heavy atom. The quantitative estimate of drug-likeness (QED) is 0.790. The largest absolute Gasteiger partial charge is 0.497 e. The second kappa shape index (κ2) is 10.1. The van der Waals surface area contributed by atoms with Gasteiger partial charge in [-0.1, -0.05) is 6.07 Å². The number of morpholine rings is 1. The summed E-state index contributed by atoms with van der Waals surface area (Å²) in [5.74, 6) is 0.241. The summed E-state index contributed by atoms with van der Waals surface area (Å²) < 4.78 is 10.6. The van der Waals surface area contributed by atoms with Crippen molar-refractivity contribution in [3.05, 3.63) is 24.3 Å². The van der Waals surface area contributed by atoms with Crippen LogP contribution in [0, 0.1) is 0 Å². The molecule has 0 spiro atoms. The molecule has 24 heavy (non-hydrogen) atoms. The van der Waals surface area contributed by atoms with Gasteiger partial charge in [-0.25, -0.2) is 0 Å². The number of likely N-dealkylation sites (N-methyl/N-ethyl adjacent to an activating group) is 1. The minimum atomic E-state index is -0.520. The summed E-state index contributed by atoms with van der Waals surface area (Å²) in [4.78, 5) is 26.0. The predicted octanol–water partition coefficient (Wildman–Crippen LogP) is 0.892. The highest BCUT2D eigenvalue weighted by atomic mass is 35.5. The summed E-state index contributed by atoms with van der Waals surface area (Å²) in [6.07, 6.45) is -0.520. The van der Waals surface area contributed by atoms with Crippen LogP contribution in [0.4, 0.5) is 5.69 Å². The van der Waals surface area contributed by atoms with E-state index in [0.29, 0.717) is 31.1 Å². The Kier molecular flexibility index (Phi) is 8.53. The van der Waals surface area contributed by atoms with Gasteiger partial charge in [0.25, 0.3) is 5.91 Å². The van der Waals surface area contributed by atoms with Crippen LogP contribution < -0.4 is 15.4 Å². The molecule has 1 unspecified atom stereocenters. The summed E-state index contributed by atoms with van der Waals surface area (Å²) in [6.45, 7) is 4.01. The topological polar surface area (TPSA) is 79.9 Å². The summed E-state index contributed by atoms with van der Waals surface area (Å²) in [7, 11) is 1.57. The van der Waals surface area contributed by atoms with E-state index in [1.807, 2.05) is 6.92 Å². The molecule has 1 aromatic carbocycles. The molecular formula is C16H24ClN3O4. The molecule has 7 nitrogen and oxygen atoms in total. The number of anilines is 1.